The van der Waals surface area contributed by atoms with E-state index in [1.165, 1.54) is 0 Å². The van der Waals surface area contributed by atoms with Crippen LogP contribution in [-0.2, 0) is 4.79 Å². The van der Waals surface area contributed by atoms with Gasteiger partial charge in [0, 0.05) is 23.3 Å². The number of anilines is 1. The fraction of sp³-hybridized carbons (Fsp3) is 0.250. The first-order valence-electron chi connectivity index (χ1n) is 10.1. The Bertz CT molecular complexity index is 1260. The van der Waals surface area contributed by atoms with Gasteiger partial charge >= 0.3 is 0 Å². The van der Waals surface area contributed by atoms with Crippen molar-refractivity contribution in [3.63, 3.8) is 0 Å². The summed E-state index contributed by atoms with van der Waals surface area (Å²) in [6.07, 6.45) is 1.21. The van der Waals surface area contributed by atoms with Crippen LogP contribution < -0.4 is 5.32 Å². The number of hydrogen-bond donors (Lipinski definition) is 2. The molecule has 0 amide bonds. The summed E-state index contributed by atoms with van der Waals surface area (Å²) in [5.41, 5.74) is 3.66. The lowest BCUT2D eigenvalue weighted by Crippen LogP contribution is -2.36. The zero-order chi connectivity index (χ0) is 21.8. The number of aromatic hydroxyl groups is 1. The maximum Gasteiger partial charge on any atom is 0.226 e. The zero-order valence-electron chi connectivity index (χ0n) is 17.3. The highest BCUT2D eigenvalue weighted by molar-refractivity contribution is 6.00. The predicted octanol–water partition coefficient (Wildman–Crippen LogP) is 4.18. The number of phenols is 1. The molecule has 2 N–H and O–H groups in total. The topological polar surface area (TPSA) is 104 Å². The Morgan fingerprint density at radius 2 is 1.84 bits per heavy atom. The van der Waals surface area contributed by atoms with Crippen molar-refractivity contribution in [2.75, 3.05) is 5.32 Å². The molecule has 0 bridgehead atoms. The van der Waals surface area contributed by atoms with Gasteiger partial charge in [0.2, 0.25) is 5.95 Å². The van der Waals surface area contributed by atoms with E-state index in [1.807, 2.05) is 12.1 Å². The molecular weight excluding hydrogens is 390 g/mol. The Morgan fingerprint density at radius 1 is 1.13 bits per heavy atom. The number of aromatic nitrogens is 3. The molecule has 2 aromatic carbocycles. The number of nitrogens with zero attached hydrogens (tertiary/aromatic N) is 4. The highest BCUT2D eigenvalue weighted by Gasteiger charge is 2.41. The summed E-state index contributed by atoms with van der Waals surface area (Å²) in [5.74, 6) is 1.35. The third-order valence-corrected chi connectivity index (χ3v) is 5.81. The normalized spacial score (nSPS) is 19.3. The second-order valence-electron chi connectivity index (χ2n) is 8.84. The number of hydrogen-bond acceptors (Lipinski definition) is 6. The van der Waals surface area contributed by atoms with Crippen LogP contribution in [0.25, 0.3) is 11.4 Å². The number of carbonyl (C=O) groups is 1. The predicted molar refractivity (Wildman–Crippen MR) is 115 cm³/mol. The highest BCUT2D eigenvalue weighted by Crippen LogP contribution is 2.45. The number of phenolic OH excluding ortho intramolecular Hbond substituents is 1. The van der Waals surface area contributed by atoms with E-state index in [0.29, 0.717) is 29.3 Å². The van der Waals surface area contributed by atoms with Gasteiger partial charge in [-0.15, -0.1) is 5.10 Å². The number of Topliss-reactive ketones (excluding diaryl/α,β-unsaturated/α-hetero) is 1. The Hall–Kier alpha value is -3.92. The summed E-state index contributed by atoms with van der Waals surface area (Å²) in [4.78, 5) is 17.9. The number of carbonyl (C=O) groups excluding carboxylic acids is 1. The molecule has 31 heavy (non-hydrogen) atoms. The molecule has 1 aromatic heterocycles. The van der Waals surface area contributed by atoms with Crippen LogP contribution in [0, 0.1) is 16.7 Å². The average Bonchev–Trinajstić information content (AvgIpc) is 3.15. The van der Waals surface area contributed by atoms with E-state index < -0.39 is 6.04 Å². The van der Waals surface area contributed by atoms with Gasteiger partial charge in [-0.25, -0.2) is 4.68 Å². The maximum absolute atomic E-state index is 13.2. The Kier molecular flexibility index (Phi) is 4.19. The van der Waals surface area contributed by atoms with Gasteiger partial charge in [0.05, 0.1) is 11.6 Å². The smallest absolute Gasteiger partial charge is 0.226 e. The fourth-order valence-electron chi connectivity index (χ4n) is 4.39. The molecule has 1 aliphatic carbocycles. The average molecular weight is 411 g/mol. The highest BCUT2D eigenvalue weighted by atomic mass is 16.3. The minimum Gasteiger partial charge on any atom is -0.508 e. The SMILES string of the molecule is CC1(C)CC(=O)C2=C(C1)Nc1nc(-c3ccc(O)cc3)nn1C2c1ccc(C#N)cc1. The Morgan fingerprint density at radius 3 is 2.52 bits per heavy atom. The van der Waals surface area contributed by atoms with E-state index in [4.69, 9.17) is 10.4 Å². The molecule has 1 unspecified atom stereocenters. The molecule has 2 aliphatic rings. The zero-order valence-corrected chi connectivity index (χ0v) is 17.3. The van der Waals surface area contributed by atoms with Gasteiger partial charge in [-0.3, -0.25) is 4.79 Å². The summed E-state index contributed by atoms with van der Waals surface area (Å²) >= 11 is 0. The second-order valence-corrected chi connectivity index (χ2v) is 8.84. The van der Waals surface area contributed by atoms with Crippen LogP contribution in [0.2, 0.25) is 0 Å². The Balaban J connectivity index is 1.67. The third-order valence-electron chi connectivity index (χ3n) is 5.81. The minimum absolute atomic E-state index is 0.0976. The number of rotatable bonds is 2. The van der Waals surface area contributed by atoms with E-state index in [0.717, 1.165) is 23.2 Å². The third kappa shape index (κ3) is 3.26. The first-order valence-corrected chi connectivity index (χ1v) is 10.1. The molecule has 0 saturated heterocycles. The molecule has 0 saturated carbocycles. The molecule has 3 aromatic rings. The van der Waals surface area contributed by atoms with Gasteiger partial charge in [-0.05, 0) is 53.8 Å². The second kappa shape index (κ2) is 6.81. The van der Waals surface area contributed by atoms with Gasteiger partial charge in [-0.1, -0.05) is 26.0 Å². The van der Waals surface area contributed by atoms with E-state index in [1.54, 1.807) is 41.1 Å². The van der Waals surface area contributed by atoms with Crippen LogP contribution in [0.15, 0.2) is 59.8 Å². The summed E-state index contributed by atoms with van der Waals surface area (Å²) in [6.45, 7) is 4.18. The number of fused-ring (bicyclic) bond motifs is 1. The van der Waals surface area contributed by atoms with Gasteiger partial charge in [-0.2, -0.15) is 10.2 Å². The monoisotopic (exact) mass is 411 g/mol. The van der Waals surface area contributed by atoms with Crippen LogP contribution in [0.5, 0.6) is 5.75 Å². The molecular formula is C24H21N5O2. The molecule has 0 fully saturated rings. The largest absolute Gasteiger partial charge is 0.508 e. The summed E-state index contributed by atoms with van der Waals surface area (Å²) in [7, 11) is 0. The lowest BCUT2D eigenvalue weighted by Gasteiger charge is -2.38. The van der Waals surface area contributed by atoms with Crippen LogP contribution in [0.1, 0.15) is 43.9 Å². The molecule has 1 aliphatic heterocycles. The van der Waals surface area contributed by atoms with Crippen molar-refractivity contribution < 1.29 is 9.90 Å². The van der Waals surface area contributed by atoms with Crippen LogP contribution >= 0.6 is 0 Å². The standard InChI is InChI=1S/C24H21N5O2/c1-24(2)11-18-20(19(31)12-24)21(15-5-3-14(13-25)4-6-15)29-23(26-18)27-22(28-29)16-7-9-17(30)10-8-16/h3-10,21,30H,11-12H2,1-2H3,(H,26,27,28). The van der Waals surface area contributed by atoms with Crippen LogP contribution in [0.4, 0.5) is 5.95 Å². The first-order chi connectivity index (χ1) is 14.8. The summed E-state index contributed by atoms with van der Waals surface area (Å²) in [5, 5.41) is 26.8. The van der Waals surface area contributed by atoms with Gasteiger partial charge in [0.15, 0.2) is 11.6 Å². The molecule has 154 valence electrons. The molecule has 7 nitrogen and oxygen atoms in total. The van der Waals surface area contributed by atoms with Crippen molar-refractivity contribution in [2.24, 2.45) is 5.41 Å². The number of allylic oxidation sites excluding steroid dienone is 2. The van der Waals surface area contributed by atoms with Crippen molar-refractivity contribution in [2.45, 2.75) is 32.7 Å². The van der Waals surface area contributed by atoms with E-state index in [-0.39, 0.29) is 16.9 Å². The number of nitriles is 1. The van der Waals surface area contributed by atoms with Gasteiger partial charge < -0.3 is 10.4 Å². The summed E-state index contributed by atoms with van der Waals surface area (Å²) < 4.78 is 1.75. The lowest BCUT2D eigenvalue weighted by atomic mass is 9.73. The van der Waals surface area contributed by atoms with E-state index in [9.17, 15) is 9.90 Å². The van der Waals surface area contributed by atoms with Crippen molar-refractivity contribution in [1.82, 2.24) is 14.8 Å². The molecule has 7 heteroatoms. The molecule has 0 radical (unpaired) electrons. The number of nitrogens with one attached hydrogen (secondary N) is 1. The van der Waals surface area contributed by atoms with Crippen molar-refractivity contribution in [1.29, 1.82) is 5.26 Å². The molecule has 1 atom stereocenters. The van der Waals surface area contributed by atoms with Crippen molar-refractivity contribution in [3.8, 4) is 23.2 Å². The number of ketones is 1. The molecule has 0 spiro atoms. The quantitative estimate of drug-likeness (QED) is 0.656. The van der Waals surface area contributed by atoms with E-state index in [2.05, 4.69) is 30.2 Å². The minimum atomic E-state index is -0.416. The molecule has 2 heterocycles. The first kappa shape index (κ1) is 19.1. The van der Waals surface area contributed by atoms with Crippen molar-refractivity contribution in [3.05, 3.63) is 70.9 Å². The Labute approximate surface area is 179 Å². The summed E-state index contributed by atoms with van der Waals surface area (Å²) in [6, 6.07) is 15.7. The van der Waals surface area contributed by atoms with Crippen molar-refractivity contribution >= 4 is 11.7 Å². The lowest BCUT2D eigenvalue weighted by molar-refractivity contribution is -0.118. The van der Waals surface area contributed by atoms with Gasteiger partial charge in [0.1, 0.15) is 11.8 Å². The van der Waals surface area contributed by atoms with E-state index >= 15 is 0 Å². The molecule has 5 rings (SSSR count). The van der Waals surface area contributed by atoms with Crippen LogP contribution in [-0.4, -0.2) is 25.7 Å². The fourth-order valence-corrected chi connectivity index (χ4v) is 4.39. The van der Waals surface area contributed by atoms with Gasteiger partial charge in [0.25, 0.3) is 0 Å². The number of benzene rings is 2. The van der Waals surface area contributed by atoms with Crippen LogP contribution in [0.3, 0.4) is 0 Å². The maximum atomic E-state index is 13.2.